The Morgan fingerprint density at radius 2 is 1.96 bits per heavy atom. The summed E-state index contributed by atoms with van der Waals surface area (Å²) in [6.07, 6.45) is 1.06. The molecule has 0 aromatic heterocycles. The second-order valence-electron chi connectivity index (χ2n) is 6.77. The Morgan fingerprint density at radius 3 is 2.56 bits per heavy atom. The first-order chi connectivity index (χ1) is 12.9. The zero-order valence-corrected chi connectivity index (χ0v) is 16.5. The van der Waals surface area contributed by atoms with E-state index in [0.717, 1.165) is 11.3 Å². The van der Waals surface area contributed by atoms with Gasteiger partial charge in [0.1, 0.15) is 11.2 Å². The van der Waals surface area contributed by atoms with Crippen molar-refractivity contribution in [2.45, 2.75) is 26.7 Å². The summed E-state index contributed by atoms with van der Waals surface area (Å²) < 4.78 is 5.28. The van der Waals surface area contributed by atoms with Crippen molar-refractivity contribution in [3.05, 3.63) is 53.1 Å². The number of methoxy groups -OCH3 is 1. The van der Waals surface area contributed by atoms with E-state index in [2.05, 4.69) is 5.32 Å². The van der Waals surface area contributed by atoms with Crippen LogP contribution >= 0.6 is 11.6 Å². The van der Waals surface area contributed by atoms with Gasteiger partial charge in [-0.25, -0.2) is 0 Å². The molecule has 0 bridgehead atoms. The molecule has 0 radical (unpaired) electrons. The van der Waals surface area contributed by atoms with Crippen LogP contribution in [0, 0.1) is 12.3 Å². The minimum atomic E-state index is -1.03. The number of aryl methyl sites for hydroxylation is 1. The molecule has 142 valence electrons. The fourth-order valence-corrected chi connectivity index (χ4v) is 3.35. The minimum Gasteiger partial charge on any atom is -0.495 e. The van der Waals surface area contributed by atoms with Gasteiger partial charge in [0, 0.05) is 17.3 Å². The highest BCUT2D eigenvalue weighted by Crippen LogP contribution is 2.49. The van der Waals surface area contributed by atoms with Crippen molar-refractivity contribution >= 4 is 34.8 Å². The van der Waals surface area contributed by atoms with E-state index >= 15 is 0 Å². The summed E-state index contributed by atoms with van der Waals surface area (Å²) in [5, 5.41) is 3.32. The van der Waals surface area contributed by atoms with E-state index in [1.165, 1.54) is 7.11 Å². The zero-order chi connectivity index (χ0) is 19.6. The number of carbonyl (C=O) groups is 2. The zero-order valence-electron chi connectivity index (χ0n) is 15.7. The number of amides is 2. The molecule has 2 aromatic rings. The van der Waals surface area contributed by atoms with E-state index in [0.29, 0.717) is 35.8 Å². The van der Waals surface area contributed by atoms with Crippen LogP contribution in [0.4, 0.5) is 11.4 Å². The molecule has 2 amide bonds. The third-order valence-electron chi connectivity index (χ3n) is 4.88. The van der Waals surface area contributed by atoms with Gasteiger partial charge in [-0.3, -0.25) is 9.59 Å². The average molecular weight is 387 g/mol. The summed E-state index contributed by atoms with van der Waals surface area (Å²) in [6, 6.07) is 12.7. The number of anilines is 2. The van der Waals surface area contributed by atoms with Crippen molar-refractivity contribution in [3.63, 3.8) is 0 Å². The lowest BCUT2D eigenvalue weighted by molar-refractivity contribution is -0.132. The van der Waals surface area contributed by atoms with Crippen LogP contribution in [-0.4, -0.2) is 25.5 Å². The number of nitrogens with zero attached hydrogens (tertiary/aromatic N) is 1. The van der Waals surface area contributed by atoms with Crippen molar-refractivity contribution in [2.24, 2.45) is 5.41 Å². The van der Waals surface area contributed by atoms with Gasteiger partial charge in [-0.05, 0) is 62.6 Å². The SMILES string of the molecule is CCN(C(=O)C1(C(=O)Nc2cc(Cl)ccc2OC)CC1)c1cccc(C)c1. The molecule has 0 atom stereocenters. The summed E-state index contributed by atoms with van der Waals surface area (Å²) in [7, 11) is 1.52. The summed E-state index contributed by atoms with van der Waals surface area (Å²) in [5.41, 5.74) is 1.30. The third-order valence-corrected chi connectivity index (χ3v) is 5.11. The standard InChI is InChI=1S/C21H23ClN2O3/c1-4-24(16-7-5-6-14(2)12-16)20(26)21(10-11-21)19(25)23-17-13-15(22)8-9-18(17)27-3/h5-9,12-13H,4,10-11H2,1-3H3,(H,23,25). The molecule has 0 aliphatic heterocycles. The van der Waals surface area contributed by atoms with E-state index in [-0.39, 0.29) is 11.8 Å². The predicted octanol–water partition coefficient (Wildman–Crippen LogP) is 4.43. The average Bonchev–Trinajstić information content (AvgIpc) is 3.44. The van der Waals surface area contributed by atoms with Crippen LogP contribution in [-0.2, 0) is 9.59 Å². The van der Waals surface area contributed by atoms with Crippen LogP contribution in [0.2, 0.25) is 5.02 Å². The van der Waals surface area contributed by atoms with E-state index in [9.17, 15) is 9.59 Å². The van der Waals surface area contributed by atoms with E-state index in [1.807, 2.05) is 38.1 Å². The lowest BCUT2D eigenvalue weighted by atomic mass is 10.0. The van der Waals surface area contributed by atoms with E-state index in [4.69, 9.17) is 16.3 Å². The molecule has 0 saturated heterocycles. The first-order valence-electron chi connectivity index (χ1n) is 8.95. The Balaban J connectivity index is 1.84. The van der Waals surface area contributed by atoms with Crippen LogP contribution < -0.4 is 15.0 Å². The first-order valence-corrected chi connectivity index (χ1v) is 9.32. The maximum absolute atomic E-state index is 13.2. The maximum Gasteiger partial charge on any atom is 0.242 e. The Kier molecular flexibility index (Phi) is 5.42. The molecule has 1 N–H and O–H groups in total. The second-order valence-corrected chi connectivity index (χ2v) is 7.21. The van der Waals surface area contributed by atoms with Crippen molar-refractivity contribution in [1.29, 1.82) is 0 Å². The lowest BCUT2D eigenvalue weighted by Gasteiger charge is -2.26. The summed E-state index contributed by atoms with van der Waals surface area (Å²) in [5.74, 6) is 0.00953. The molecule has 6 heteroatoms. The maximum atomic E-state index is 13.2. The van der Waals surface area contributed by atoms with Crippen LogP contribution in [0.5, 0.6) is 5.75 Å². The Morgan fingerprint density at radius 1 is 1.22 bits per heavy atom. The monoisotopic (exact) mass is 386 g/mol. The van der Waals surface area contributed by atoms with Crippen molar-refractivity contribution in [3.8, 4) is 5.75 Å². The number of hydrogen-bond donors (Lipinski definition) is 1. The molecule has 1 fully saturated rings. The van der Waals surface area contributed by atoms with Crippen molar-refractivity contribution < 1.29 is 14.3 Å². The van der Waals surface area contributed by atoms with Gasteiger partial charge >= 0.3 is 0 Å². The molecular formula is C21H23ClN2O3. The fourth-order valence-electron chi connectivity index (χ4n) is 3.18. The molecule has 27 heavy (non-hydrogen) atoms. The Hall–Kier alpha value is -2.53. The molecular weight excluding hydrogens is 364 g/mol. The molecule has 0 heterocycles. The molecule has 3 rings (SSSR count). The quantitative estimate of drug-likeness (QED) is 0.747. The van der Waals surface area contributed by atoms with Gasteiger partial charge in [-0.1, -0.05) is 23.7 Å². The van der Waals surface area contributed by atoms with Crippen LogP contribution in [0.3, 0.4) is 0 Å². The highest BCUT2D eigenvalue weighted by molar-refractivity contribution is 6.31. The minimum absolute atomic E-state index is 0.172. The number of ether oxygens (including phenoxy) is 1. The largest absolute Gasteiger partial charge is 0.495 e. The van der Waals surface area contributed by atoms with Crippen LogP contribution in [0.1, 0.15) is 25.3 Å². The molecule has 0 unspecified atom stereocenters. The smallest absolute Gasteiger partial charge is 0.242 e. The molecule has 1 aliphatic carbocycles. The number of hydrogen-bond acceptors (Lipinski definition) is 3. The normalized spacial score (nSPS) is 14.4. The second kappa shape index (κ2) is 7.61. The number of halogens is 1. The molecule has 1 saturated carbocycles. The highest BCUT2D eigenvalue weighted by atomic mass is 35.5. The topological polar surface area (TPSA) is 58.6 Å². The van der Waals surface area contributed by atoms with Crippen molar-refractivity contribution in [2.75, 3.05) is 23.9 Å². The fraction of sp³-hybridized carbons (Fsp3) is 0.333. The van der Waals surface area contributed by atoms with Gasteiger partial charge in [-0.15, -0.1) is 0 Å². The van der Waals surface area contributed by atoms with Gasteiger partial charge < -0.3 is 15.0 Å². The number of nitrogens with one attached hydrogen (secondary N) is 1. The van der Waals surface area contributed by atoms with Gasteiger partial charge in [0.2, 0.25) is 11.8 Å². The molecule has 0 spiro atoms. The molecule has 5 nitrogen and oxygen atoms in total. The van der Waals surface area contributed by atoms with E-state index < -0.39 is 5.41 Å². The van der Waals surface area contributed by atoms with Crippen molar-refractivity contribution in [1.82, 2.24) is 0 Å². The Labute approximate surface area is 164 Å². The van der Waals surface area contributed by atoms with Gasteiger partial charge in [0.15, 0.2) is 0 Å². The molecule has 2 aromatic carbocycles. The summed E-state index contributed by atoms with van der Waals surface area (Å²) >= 11 is 6.04. The number of benzene rings is 2. The summed E-state index contributed by atoms with van der Waals surface area (Å²) in [6.45, 7) is 4.39. The van der Waals surface area contributed by atoms with Gasteiger partial charge in [0.05, 0.1) is 12.8 Å². The lowest BCUT2D eigenvalue weighted by Crippen LogP contribution is -2.43. The third kappa shape index (κ3) is 3.78. The van der Waals surface area contributed by atoms with Gasteiger partial charge in [0.25, 0.3) is 0 Å². The Bertz CT molecular complexity index is 877. The number of carbonyl (C=O) groups excluding carboxylic acids is 2. The first kappa shape index (κ1) is 19.2. The highest BCUT2D eigenvalue weighted by Gasteiger charge is 2.58. The van der Waals surface area contributed by atoms with Crippen LogP contribution in [0.15, 0.2) is 42.5 Å². The summed E-state index contributed by atoms with van der Waals surface area (Å²) in [4.78, 5) is 27.9. The van der Waals surface area contributed by atoms with Gasteiger partial charge in [-0.2, -0.15) is 0 Å². The molecule has 1 aliphatic rings. The predicted molar refractivity (Wildman–Crippen MR) is 108 cm³/mol. The number of rotatable bonds is 6. The van der Waals surface area contributed by atoms with E-state index in [1.54, 1.807) is 23.1 Å². The van der Waals surface area contributed by atoms with Crippen LogP contribution in [0.25, 0.3) is 0 Å².